The summed E-state index contributed by atoms with van der Waals surface area (Å²) in [5, 5.41) is 45.5. The van der Waals surface area contributed by atoms with E-state index in [1.807, 2.05) is 13.8 Å². The van der Waals surface area contributed by atoms with Gasteiger partial charge in [0.25, 0.3) is 0 Å². The summed E-state index contributed by atoms with van der Waals surface area (Å²) in [6, 6.07) is 0. The van der Waals surface area contributed by atoms with Crippen LogP contribution in [0.1, 0.15) is 86.5 Å². The Kier molecular flexibility index (Phi) is 6.90. The van der Waals surface area contributed by atoms with Crippen LogP contribution in [-0.2, 0) is 14.3 Å². The fourth-order valence-electron chi connectivity index (χ4n) is 8.18. The number of aliphatic hydroxyl groups is 4. The Balaban J connectivity index is 1.69. The lowest BCUT2D eigenvalue weighted by Gasteiger charge is -2.59. The first-order valence-corrected chi connectivity index (χ1v) is 13.5. The van der Waals surface area contributed by atoms with Gasteiger partial charge < -0.3 is 25.2 Å². The molecule has 0 radical (unpaired) electrons. The first-order chi connectivity index (χ1) is 16.6. The van der Waals surface area contributed by atoms with Gasteiger partial charge >= 0.3 is 5.97 Å². The highest BCUT2D eigenvalue weighted by atomic mass is 16.6. The molecule has 0 aromatic heterocycles. The van der Waals surface area contributed by atoms with Gasteiger partial charge in [0, 0.05) is 23.3 Å². The minimum absolute atomic E-state index is 0.153. The van der Waals surface area contributed by atoms with Crippen molar-refractivity contribution >= 4 is 11.8 Å². The van der Waals surface area contributed by atoms with Crippen LogP contribution in [0, 0.1) is 28.6 Å². The molecule has 0 saturated heterocycles. The fourth-order valence-corrected chi connectivity index (χ4v) is 8.18. The number of ether oxygens (including phenoxy) is 1. The van der Waals surface area contributed by atoms with Gasteiger partial charge in [-0.1, -0.05) is 27.7 Å². The van der Waals surface area contributed by atoms with Crippen LogP contribution in [0.15, 0.2) is 23.3 Å². The predicted molar refractivity (Wildman–Crippen MR) is 135 cm³/mol. The van der Waals surface area contributed by atoms with Crippen molar-refractivity contribution in [3.05, 3.63) is 23.3 Å². The Hall–Kier alpha value is -1.54. The van der Waals surface area contributed by atoms with E-state index in [9.17, 15) is 30.0 Å². The van der Waals surface area contributed by atoms with E-state index in [2.05, 4.69) is 13.8 Å². The number of hydrogen-bond donors (Lipinski definition) is 4. The molecular weight excluding hydrogens is 460 g/mol. The fraction of sp³-hybridized carbons (Fsp3) is 0.793. The smallest absolute Gasteiger partial charge is 0.303 e. The Morgan fingerprint density at radius 3 is 2.50 bits per heavy atom. The zero-order chi connectivity index (χ0) is 26.8. The highest BCUT2D eigenvalue weighted by molar-refractivity contribution is 6.07. The van der Waals surface area contributed by atoms with Gasteiger partial charge in [0.15, 0.2) is 5.78 Å². The molecule has 4 rings (SSSR count). The van der Waals surface area contributed by atoms with Gasteiger partial charge in [-0.3, -0.25) is 9.59 Å². The molecule has 0 amide bonds. The monoisotopic (exact) mass is 504 g/mol. The third-order valence-electron chi connectivity index (χ3n) is 10.3. The maximum absolute atomic E-state index is 13.4. The predicted octanol–water partition coefficient (Wildman–Crippen LogP) is 3.23. The number of esters is 1. The van der Waals surface area contributed by atoms with E-state index in [4.69, 9.17) is 4.74 Å². The van der Waals surface area contributed by atoms with E-state index in [0.717, 1.165) is 6.42 Å². The SMILES string of the molecule is CC(=O)O[C@H]1C[C@@]2(C)C(=C[C@@H]1O)C(=O)C=C1[C@@H]2CC[C@]2(C)[C@@H]([C@@](C)(O)[C@@H](O)CCC(C)C)CC[C@@]12O. The molecule has 0 aromatic rings. The number of aliphatic hydroxyl groups excluding tert-OH is 2. The Labute approximate surface area is 214 Å². The molecule has 36 heavy (non-hydrogen) atoms. The van der Waals surface area contributed by atoms with Crippen LogP contribution < -0.4 is 0 Å². The molecule has 4 N–H and O–H groups in total. The highest BCUT2D eigenvalue weighted by Crippen LogP contribution is 2.68. The summed E-state index contributed by atoms with van der Waals surface area (Å²) in [6.45, 7) is 11.1. The van der Waals surface area contributed by atoms with Gasteiger partial charge in [0.2, 0.25) is 0 Å². The molecule has 0 spiro atoms. The van der Waals surface area contributed by atoms with Gasteiger partial charge in [-0.15, -0.1) is 0 Å². The van der Waals surface area contributed by atoms with Crippen molar-refractivity contribution in [2.45, 2.75) is 116 Å². The summed E-state index contributed by atoms with van der Waals surface area (Å²) in [5.41, 5.74) is -2.85. The minimum Gasteiger partial charge on any atom is -0.459 e. The molecule has 9 atom stereocenters. The van der Waals surface area contributed by atoms with E-state index in [-0.39, 0.29) is 17.6 Å². The number of hydrogen-bond acceptors (Lipinski definition) is 7. The lowest BCUT2D eigenvalue weighted by molar-refractivity contribution is -0.168. The van der Waals surface area contributed by atoms with Crippen LogP contribution in [0.5, 0.6) is 0 Å². The van der Waals surface area contributed by atoms with Gasteiger partial charge in [0.1, 0.15) is 12.2 Å². The van der Waals surface area contributed by atoms with Crippen LogP contribution in [0.25, 0.3) is 0 Å². The average Bonchev–Trinajstić information content (AvgIpc) is 3.05. The lowest BCUT2D eigenvalue weighted by Crippen LogP contribution is -2.61. The molecule has 0 unspecified atom stereocenters. The summed E-state index contributed by atoms with van der Waals surface area (Å²) in [6.07, 6.45) is 4.23. The Bertz CT molecular complexity index is 980. The summed E-state index contributed by atoms with van der Waals surface area (Å²) in [5.74, 6) is -0.785. The molecule has 7 heteroatoms. The molecule has 202 valence electrons. The van der Waals surface area contributed by atoms with E-state index in [0.29, 0.717) is 55.6 Å². The van der Waals surface area contributed by atoms with E-state index >= 15 is 0 Å². The van der Waals surface area contributed by atoms with Crippen LogP contribution in [0.2, 0.25) is 0 Å². The molecular formula is C29H44O7. The van der Waals surface area contributed by atoms with Crippen molar-refractivity contribution in [3.8, 4) is 0 Å². The molecule has 2 saturated carbocycles. The quantitative estimate of drug-likeness (QED) is 0.409. The number of rotatable bonds is 6. The summed E-state index contributed by atoms with van der Waals surface area (Å²) >= 11 is 0. The van der Waals surface area contributed by atoms with Crippen LogP contribution >= 0.6 is 0 Å². The molecule has 0 aromatic carbocycles. The second-order valence-corrected chi connectivity index (χ2v) is 13.0. The maximum atomic E-state index is 13.4. The molecule has 4 aliphatic carbocycles. The first kappa shape index (κ1) is 27.5. The van der Waals surface area contributed by atoms with Crippen molar-refractivity contribution < 1.29 is 34.8 Å². The second-order valence-electron chi connectivity index (χ2n) is 13.0. The van der Waals surface area contributed by atoms with Crippen LogP contribution in [0.3, 0.4) is 0 Å². The van der Waals surface area contributed by atoms with Gasteiger partial charge in [-0.2, -0.15) is 0 Å². The number of fused-ring (bicyclic) bond motifs is 5. The third kappa shape index (κ3) is 4.01. The number of carbonyl (C=O) groups excluding carboxylic acids is 2. The summed E-state index contributed by atoms with van der Waals surface area (Å²) in [7, 11) is 0. The summed E-state index contributed by atoms with van der Waals surface area (Å²) < 4.78 is 5.40. The topological polar surface area (TPSA) is 124 Å². The maximum Gasteiger partial charge on any atom is 0.303 e. The van der Waals surface area contributed by atoms with Crippen molar-refractivity contribution in [1.82, 2.24) is 0 Å². The molecule has 2 fully saturated rings. The molecule has 7 nitrogen and oxygen atoms in total. The van der Waals surface area contributed by atoms with Crippen LogP contribution in [0.4, 0.5) is 0 Å². The number of carbonyl (C=O) groups is 2. The Morgan fingerprint density at radius 2 is 1.89 bits per heavy atom. The minimum atomic E-state index is -1.37. The van der Waals surface area contributed by atoms with Crippen molar-refractivity contribution in [2.75, 3.05) is 0 Å². The van der Waals surface area contributed by atoms with E-state index < -0.39 is 46.3 Å². The molecule has 0 heterocycles. The molecule has 4 aliphatic rings. The van der Waals surface area contributed by atoms with Crippen molar-refractivity contribution in [2.24, 2.45) is 28.6 Å². The van der Waals surface area contributed by atoms with Crippen molar-refractivity contribution in [3.63, 3.8) is 0 Å². The highest BCUT2D eigenvalue weighted by Gasteiger charge is 2.68. The van der Waals surface area contributed by atoms with E-state index in [1.165, 1.54) is 13.0 Å². The van der Waals surface area contributed by atoms with E-state index in [1.54, 1.807) is 13.0 Å². The average molecular weight is 505 g/mol. The largest absolute Gasteiger partial charge is 0.459 e. The standard InChI is InChI=1S/C29H44O7/c1-16(2)7-8-25(33)28(6,34)24-10-12-29(35)19-13-21(31)20-14-22(32)23(36-17(3)30)15-26(20,4)18(19)9-11-27(24,29)5/h13-14,16,18,22-25,32-35H,7-12,15H2,1-6H3/t18-,22-,23-,24-,25-,26+,27+,28+,29+/m0/s1. The summed E-state index contributed by atoms with van der Waals surface area (Å²) in [4.78, 5) is 25.0. The second kappa shape index (κ2) is 9.04. The normalized spacial score (nSPS) is 42.5. The first-order valence-electron chi connectivity index (χ1n) is 13.5. The third-order valence-corrected chi connectivity index (χ3v) is 10.3. The van der Waals surface area contributed by atoms with Gasteiger partial charge in [-0.05, 0) is 87.3 Å². The zero-order valence-electron chi connectivity index (χ0n) is 22.6. The van der Waals surface area contributed by atoms with Gasteiger partial charge in [-0.25, -0.2) is 0 Å². The van der Waals surface area contributed by atoms with Gasteiger partial charge in [0.05, 0.1) is 17.3 Å². The molecule has 0 bridgehead atoms. The number of ketones is 1. The van der Waals surface area contributed by atoms with Crippen LogP contribution in [-0.4, -0.2) is 61.7 Å². The Morgan fingerprint density at radius 1 is 1.22 bits per heavy atom. The lowest BCUT2D eigenvalue weighted by atomic mass is 9.47. The van der Waals surface area contributed by atoms with Crippen molar-refractivity contribution in [1.29, 1.82) is 0 Å². The zero-order valence-corrected chi connectivity index (χ0v) is 22.6. The molecule has 0 aliphatic heterocycles. The number of allylic oxidation sites excluding steroid dienone is 2.